The second-order valence-electron chi connectivity index (χ2n) is 7.61. The molecule has 1 unspecified atom stereocenters. The van der Waals surface area contributed by atoms with E-state index in [9.17, 15) is 4.79 Å². The molecule has 1 atom stereocenters. The van der Waals surface area contributed by atoms with Gasteiger partial charge in [0.1, 0.15) is 0 Å². The fourth-order valence-corrected chi connectivity index (χ4v) is 4.03. The molecule has 0 aliphatic carbocycles. The summed E-state index contributed by atoms with van der Waals surface area (Å²) in [5.41, 5.74) is 1.27. The third-order valence-corrected chi connectivity index (χ3v) is 5.65. The maximum absolute atomic E-state index is 12.5. The number of carbonyl (C=O) groups is 1. The monoisotopic (exact) mass is 408 g/mol. The Kier molecular flexibility index (Phi) is 6.53. The van der Waals surface area contributed by atoms with Gasteiger partial charge in [-0.1, -0.05) is 43.7 Å². The molecule has 1 saturated heterocycles. The molecule has 0 bridgehead atoms. The van der Waals surface area contributed by atoms with Crippen LogP contribution < -0.4 is 0 Å². The maximum Gasteiger partial charge on any atom is 0.289 e. The van der Waals surface area contributed by atoms with Crippen molar-refractivity contribution >= 4 is 5.91 Å². The molecule has 2 aromatic heterocycles. The zero-order chi connectivity index (χ0) is 20.8. The van der Waals surface area contributed by atoms with Crippen LogP contribution in [0.4, 0.5) is 0 Å². The third kappa shape index (κ3) is 4.59. The Morgan fingerprint density at radius 1 is 1.10 bits per heavy atom. The van der Waals surface area contributed by atoms with Gasteiger partial charge in [-0.25, -0.2) is 4.68 Å². The van der Waals surface area contributed by atoms with Crippen molar-refractivity contribution in [3.63, 3.8) is 0 Å². The highest BCUT2D eigenvalue weighted by Crippen LogP contribution is 2.25. The molecule has 0 saturated carbocycles. The van der Waals surface area contributed by atoms with Gasteiger partial charge < -0.3 is 9.32 Å². The summed E-state index contributed by atoms with van der Waals surface area (Å²) in [6.07, 6.45) is 4.46. The summed E-state index contributed by atoms with van der Waals surface area (Å²) in [5, 5.41) is 12.6. The van der Waals surface area contributed by atoms with E-state index in [1.165, 1.54) is 11.8 Å². The number of hydrogen-bond acceptors (Lipinski definition) is 6. The average Bonchev–Trinajstić information content (AvgIpc) is 3.49. The van der Waals surface area contributed by atoms with Crippen LogP contribution >= 0.6 is 0 Å². The lowest BCUT2D eigenvalue weighted by Gasteiger charge is -2.38. The predicted molar refractivity (Wildman–Crippen MR) is 112 cm³/mol. The molecule has 1 aromatic carbocycles. The summed E-state index contributed by atoms with van der Waals surface area (Å²) in [6.45, 7) is 5.87. The fourth-order valence-electron chi connectivity index (χ4n) is 4.03. The number of amides is 1. The quantitative estimate of drug-likeness (QED) is 0.570. The molecule has 0 spiro atoms. The molecule has 8 nitrogen and oxygen atoms in total. The minimum atomic E-state index is -0.0422. The Hall–Kier alpha value is -3.00. The summed E-state index contributed by atoms with van der Waals surface area (Å²) >= 11 is 0. The first-order chi connectivity index (χ1) is 14.8. The highest BCUT2D eigenvalue weighted by Gasteiger charge is 2.30. The molecule has 1 aliphatic heterocycles. The summed E-state index contributed by atoms with van der Waals surface area (Å²) in [4.78, 5) is 16.8. The number of benzene rings is 1. The normalized spacial score (nSPS) is 16.0. The topological polar surface area (TPSA) is 80.3 Å². The summed E-state index contributed by atoms with van der Waals surface area (Å²) in [6, 6.07) is 14.0. The Balaban J connectivity index is 1.41. The van der Waals surface area contributed by atoms with Crippen LogP contribution in [0.15, 0.2) is 53.1 Å². The van der Waals surface area contributed by atoms with Crippen molar-refractivity contribution in [3.05, 3.63) is 65.9 Å². The minimum Gasteiger partial charge on any atom is -0.459 e. The standard InChI is InChI=1S/C22H28N6O2/c1-2-7-19(21-23-24-25-28(21)12-11-18-8-4-3-5-9-18)26-13-15-27(16-14-26)22(29)20-10-6-17-30-20/h3-6,8-10,17,19H,2,7,11-16H2,1H3. The molecule has 4 rings (SSSR count). The van der Waals surface area contributed by atoms with Crippen LogP contribution in [0.3, 0.4) is 0 Å². The van der Waals surface area contributed by atoms with Gasteiger partial charge in [-0.15, -0.1) is 5.10 Å². The van der Waals surface area contributed by atoms with Crippen molar-refractivity contribution in [1.82, 2.24) is 30.0 Å². The molecule has 3 heterocycles. The molecule has 3 aromatic rings. The number of carbonyl (C=O) groups excluding carboxylic acids is 1. The van der Waals surface area contributed by atoms with Gasteiger partial charge in [0.25, 0.3) is 5.91 Å². The first-order valence-corrected chi connectivity index (χ1v) is 10.6. The van der Waals surface area contributed by atoms with Gasteiger partial charge in [0.2, 0.25) is 0 Å². The van der Waals surface area contributed by atoms with Gasteiger partial charge in [0, 0.05) is 32.7 Å². The van der Waals surface area contributed by atoms with Crippen molar-refractivity contribution in [2.24, 2.45) is 0 Å². The van der Waals surface area contributed by atoms with Gasteiger partial charge in [-0.05, 0) is 41.0 Å². The van der Waals surface area contributed by atoms with Crippen molar-refractivity contribution < 1.29 is 9.21 Å². The van der Waals surface area contributed by atoms with E-state index >= 15 is 0 Å². The fraction of sp³-hybridized carbons (Fsp3) is 0.455. The highest BCUT2D eigenvalue weighted by molar-refractivity contribution is 5.91. The van der Waals surface area contributed by atoms with E-state index in [0.717, 1.165) is 44.7 Å². The van der Waals surface area contributed by atoms with E-state index in [1.807, 2.05) is 15.6 Å². The predicted octanol–water partition coefficient (Wildman–Crippen LogP) is 2.81. The second-order valence-corrected chi connectivity index (χ2v) is 7.61. The number of furan rings is 1. The lowest BCUT2D eigenvalue weighted by Crippen LogP contribution is -2.50. The molecular weight excluding hydrogens is 380 g/mol. The van der Waals surface area contributed by atoms with Crippen molar-refractivity contribution in [2.75, 3.05) is 26.2 Å². The lowest BCUT2D eigenvalue weighted by atomic mass is 10.1. The number of hydrogen-bond donors (Lipinski definition) is 0. The smallest absolute Gasteiger partial charge is 0.289 e. The molecule has 1 amide bonds. The summed E-state index contributed by atoms with van der Waals surface area (Å²) in [5.74, 6) is 1.27. The first-order valence-electron chi connectivity index (χ1n) is 10.6. The van der Waals surface area contributed by atoms with Crippen LogP contribution in [-0.4, -0.2) is 62.1 Å². The van der Waals surface area contributed by atoms with Crippen LogP contribution in [0.5, 0.6) is 0 Å². The molecule has 158 valence electrons. The molecule has 1 fully saturated rings. The highest BCUT2D eigenvalue weighted by atomic mass is 16.3. The van der Waals surface area contributed by atoms with Crippen molar-refractivity contribution in [1.29, 1.82) is 0 Å². The molecular formula is C22H28N6O2. The first kappa shape index (κ1) is 20.3. The van der Waals surface area contributed by atoms with Crippen LogP contribution in [0.1, 0.15) is 47.7 Å². The van der Waals surface area contributed by atoms with Crippen LogP contribution in [0.2, 0.25) is 0 Å². The van der Waals surface area contributed by atoms with Crippen LogP contribution in [0, 0.1) is 0 Å². The number of piperazine rings is 1. The van der Waals surface area contributed by atoms with E-state index in [2.05, 4.69) is 51.6 Å². The van der Waals surface area contributed by atoms with E-state index in [4.69, 9.17) is 4.42 Å². The Morgan fingerprint density at radius 2 is 1.90 bits per heavy atom. The van der Waals surface area contributed by atoms with Gasteiger partial charge in [-0.3, -0.25) is 9.69 Å². The number of nitrogens with zero attached hydrogens (tertiary/aromatic N) is 6. The van der Waals surface area contributed by atoms with E-state index < -0.39 is 0 Å². The number of rotatable bonds is 8. The number of tetrazole rings is 1. The second kappa shape index (κ2) is 9.67. The minimum absolute atomic E-state index is 0.0422. The largest absolute Gasteiger partial charge is 0.459 e. The van der Waals surface area contributed by atoms with Crippen molar-refractivity contribution in [3.8, 4) is 0 Å². The molecule has 30 heavy (non-hydrogen) atoms. The third-order valence-electron chi connectivity index (χ3n) is 5.65. The van der Waals surface area contributed by atoms with Gasteiger partial charge in [-0.2, -0.15) is 0 Å². The van der Waals surface area contributed by atoms with Gasteiger partial charge in [0.15, 0.2) is 11.6 Å². The SMILES string of the molecule is CCCC(c1nnnn1CCc1ccccc1)N1CCN(C(=O)c2ccco2)CC1. The van der Waals surface area contributed by atoms with Gasteiger partial charge in [0.05, 0.1) is 12.3 Å². The Bertz CT molecular complexity index is 916. The summed E-state index contributed by atoms with van der Waals surface area (Å²) < 4.78 is 7.20. The lowest BCUT2D eigenvalue weighted by molar-refractivity contribution is 0.0514. The van der Waals surface area contributed by atoms with Crippen LogP contribution in [0.25, 0.3) is 0 Å². The average molecular weight is 409 g/mol. The molecule has 8 heteroatoms. The zero-order valence-electron chi connectivity index (χ0n) is 17.4. The van der Waals surface area contributed by atoms with Gasteiger partial charge >= 0.3 is 0 Å². The van der Waals surface area contributed by atoms with Crippen LogP contribution in [-0.2, 0) is 13.0 Å². The Labute approximate surface area is 176 Å². The van der Waals surface area contributed by atoms with E-state index in [0.29, 0.717) is 18.8 Å². The van der Waals surface area contributed by atoms with E-state index in [-0.39, 0.29) is 11.9 Å². The number of aryl methyl sites for hydroxylation is 2. The molecule has 1 aliphatic rings. The maximum atomic E-state index is 12.5. The number of aromatic nitrogens is 4. The molecule has 0 N–H and O–H groups in total. The zero-order valence-corrected chi connectivity index (χ0v) is 17.4. The molecule has 0 radical (unpaired) electrons. The Morgan fingerprint density at radius 3 is 2.60 bits per heavy atom. The van der Waals surface area contributed by atoms with Crippen molar-refractivity contribution in [2.45, 2.75) is 38.8 Å². The van der Waals surface area contributed by atoms with E-state index in [1.54, 1.807) is 12.1 Å². The summed E-state index contributed by atoms with van der Waals surface area (Å²) in [7, 11) is 0.